The van der Waals surface area contributed by atoms with Crippen LogP contribution >= 0.6 is 0 Å². The number of carbonyl (C=O) groups is 2. The molecule has 5 nitrogen and oxygen atoms in total. The number of para-hydroxylation sites is 3. The molecule has 1 aliphatic rings. The number of hydrogen-bond acceptors (Lipinski definition) is 2. The van der Waals surface area contributed by atoms with E-state index in [-0.39, 0.29) is 11.8 Å². The van der Waals surface area contributed by atoms with Crippen LogP contribution in [0.25, 0.3) is 65.7 Å². The Bertz CT molecular complexity index is 2700. The Morgan fingerprint density at radius 2 is 1.10 bits per heavy atom. The molecule has 2 amide bonds. The highest BCUT2D eigenvalue weighted by molar-refractivity contribution is 6.36. The highest BCUT2D eigenvalue weighted by Gasteiger charge is 2.40. The largest absolute Gasteiger partial charge is 0.308 e. The second-order valence-electron chi connectivity index (χ2n) is 12.3. The van der Waals surface area contributed by atoms with Crippen LogP contribution in [0.4, 0.5) is 11.4 Å². The minimum atomic E-state index is -0.379. The quantitative estimate of drug-likeness (QED) is 0.139. The van der Waals surface area contributed by atoms with Gasteiger partial charge in [0, 0.05) is 16.3 Å². The Kier molecular flexibility index (Phi) is 6.75. The van der Waals surface area contributed by atoms with Gasteiger partial charge in [0.25, 0.3) is 11.8 Å². The van der Waals surface area contributed by atoms with Crippen LogP contribution in [0.5, 0.6) is 0 Å². The molecule has 2 heterocycles. The minimum Gasteiger partial charge on any atom is -0.308 e. The molecule has 1 aliphatic heterocycles. The van der Waals surface area contributed by atoms with E-state index in [0.717, 1.165) is 55.2 Å². The molecule has 8 aromatic rings. The number of aromatic nitrogens is 1. The van der Waals surface area contributed by atoms with E-state index in [1.807, 2.05) is 127 Å². The van der Waals surface area contributed by atoms with E-state index in [1.165, 1.54) is 4.90 Å². The molecule has 0 atom stereocenters. The lowest BCUT2D eigenvalue weighted by Crippen LogP contribution is -2.30. The molecule has 0 saturated carbocycles. The van der Waals surface area contributed by atoms with Crippen molar-refractivity contribution in [2.24, 2.45) is 0 Å². The predicted molar refractivity (Wildman–Crippen MR) is 201 cm³/mol. The molecule has 0 saturated heterocycles. The third-order valence-electron chi connectivity index (χ3n) is 9.57. The van der Waals surface area contributed by atoms with Crippen molar-refractivity contribution in [1.29, 1.82) is 0 Å². The first-order valence-electron chi connectivity index (χ1n) is 16.4. The van der Waals surface area contributed by atoms with E-state index in [4.69, 9.17) is 6.57 Å². The minimum absolute atomic E-state index is 0.347. The highest BCUT2D eigenvalue weighted by Crippen LogP contribution is 2.44. The Labute approximate surface area is 288 Å². The average molecular weight is 642 g/mol. The summed E-state index contributed by atoms with van der Waals surface area (Å²) >= 11 is 0. The Morgan fingerprint density at radius 3 is 1.90 bits per heavy atom. The van der Waals surface area contributed by atoms with E-state index in [9.17, 15) is 9.59 Å². The summed E-state index contributed by atoms with van der Waals surface area (Å²) < 4.78 is 2.09. The van der Waals surface area contributed by atoms with Gasteiger partial charge in [-0.05, 0) is 58.1 Å². The van der Waals surface area contributed by atoms with Crippen molar-refractivity contribution in [1.82, 2.24) is 4.57 Å². The van der Waals surface area contributed by atoms with Crippen LogP contribution in [0.1, 0.15) is 20.7 Å². The van der Waals surface area contributed by atoms with Gasteiger partial charge in [-0.1, -0.05) is 133 Å². The fraction of sp³-hybridized carbons (Fsp3) is 0. The van der Waals surface area contributed by atoms with Gasteiger partial charge in [-0.3, -0.25) is 9.59 Å². The molecule has 0 spiro atoms. The number of amides is 2. The van der Waals surface area contributed by atoms with Crippen molar-refractivity contribution in [2.45, 2.75) is 0 Å². The molecule has 1 aromatic heterocycles. The zero-order valence-electron chi connectivity index (χ0n) is 26.7. The van der Waals surface area contributed by atoms with Crippen molar-refractivity contribution in [3.63, 3.8) is 0 Å². The van der Waals surface area contributed by atoms with E-state index < -0.39 is 0 Å². The Balaban J connectivity index is 1.28. The summed E-state index contributed by atoms with van der Waals surface area (Å²) in [6.07, 6.45) is 0. The summed E-state index contributed by atoms with van der Waals surface area (Å²) in [5.74, 6) is -0.744. The van der Waals surface area contributed by atoms with Gasteiger partial charge in [0.2, 0.25) is 0 Å². The first kappa shape index (κ1) is 29.1. The molecular weight excluding hydrogens is 615 g/mol. The molecule has 0 fully saturated rings. The van der Waals surface area contributed by atoms with Crippen LogP contribution in [0, 0.1) is 6.57 Å². The van der Waals surface area contributed by atoms with Crippen LogP contribution in [-0.4, -0.2) is 16.4 Å². The van der Waals surface area contributed by atoms with Crippen molar-refractivity contribution < 1.29 is 9.59 Å². The van der Waals surface area contributed by atoms with Crippen LogP contribution in [-0.2, 0) is 0 Å². The number of imide groups is 1. The fourth-order valence-electron chi connectivity index (χ4n) is 7.35. The third kappa shape index (κ3) is 4.40. The Morgan fingerprint density at radius 1 is 0.460 bits per heavy atom. The zero-order chi connectivity index (χ0) is 33.8. The van der Waals surface area contributed by atoms with Crippen molar-refractivity contribution in [2.75, 3.05) is 4.90 Å². The fourth-order valence-corrected chi connectivity index (χ4v) is 7.35. The van der Waals surface area contributed by atoms with Crippen LogP contribution < -0.4 is 4.90 Å². The molecule has 50 heavy (non-hydrogen) atoms. The van der Waals surface area contributed by atoms with Gasteiger partial charge in [0.05, 0.1) is 40.1 Å². The number of fused-ring (bicyclic) bond motifs is 4. The summed E-state index contributed by atoms with van der Waals surface area (Å²) in [4.78, 5) is 34.4. The maximum Gasteiger partial charge on any atom is 0.268 e. The lowest BCUT2D eigenvalue weighted by atomic mass is 9.97. The molecule has 234 valence electrons. The molecule has 0 bridgehead atoms. The summed E-state index contributed by atoms with van der Waals surface area (Å²) in [7, 11) is 0. The van der Waals surface area contributed by atoms with Gasteiger partial charge in [-0.2, -0.15) is 0 Å². The number of hydrogen-bond donors (Lipinski definition) is 0. The molecule has 7 aromatic carbocycles. The lowest BCUT2D eigenvalue weighted by Gasteiger charge is -2.20. The molecule has 0 aliphatic carbocycles. The number of benzene rings is 7. The Hall–Kier alpha value is -7.03. The number of carbonyl (C=O) groups excluding carboxylic acids is 2. The van der Waals surface area contributed by atoms with E-state index >= 15 is 0 Å². The molecule has 9 rings (SSSR count). The van der Waals surface area contributed by atoms with E-state index in [0.29, 0.717) is 28.2 Å². The molecule has 0 N–H and O–H groups in total. The van der Waals surface area contributed by atoms with Gasteiger partial charge in [-0.15, -0.1) is 0 Å². The second-order valence-corrected chi connectivity index (χ2v) is 12.3. The maximum absolute atomic E-state index is 14.8. The molecular formula is C45H27N3O2. The van der Waals surface area contributed by atoms with Crippen molar-refractivity contribution in [3.05, 3.63) is 186 Å². The van der Waals surface area contributed by atoms with Gasteiger partial charge < -0.3 is 4.57 Å². The SMILES string of the molecule is [C-]#[N+]c1ccccc1-c1cccc2c3ccccc3n(-c3cccc4c3C(=O)N(c3ccc(-c5ccccc5)cc3-c3ccccc3)C4=O)c12. The standard InChI is InChI=1S/C45H27N3O2/c1-46-38-23-10-8-18-32(38)34-20-12-21-35-33-19-9-11-24-39(33)47(43(34)35)41-25-13-22-36-42(41)45(50)48(44(36)49)40-27-26-31(29-14-4-2-5-15-29)28-37(40)30-16-6-3-7-17-30/h2-28H. The summed E-state index contributed by atoms with van der Waals surface area (Å²) in [6.45, 7) is 7.89. The highest BCUT2D eigenvalue weighted by atomic mass is 16.2. The lowest BCUT2D eigenvalue weighted by molar-refractivity contribution is 0.0926. The van der Waals surface area contributed by atoms with Crippen molar-refractivity contribution >= 4 is 45.0 Å². The predicted octanol–water partition coefficient (Wildman–Crippen LogP) is 11.1. The van der Waals surface area contributed by atoms with Crippen molar-refractivity contribution in [3.8, 4) is 39.1 Å². The summed E-state index contributed by atoms with van der Waals surface area (Å²) in [6, 6.07) is 53.1. The van der Waals surface area contributed by atoms with Crippen LogP contribution in [0.2, 0.25) is 0 Å². The zero-order valence-corrected chi connectivity index (χ0v) is 26.7. The van der Waals surface area contributed by atoms with Crippen LogP contribution in [0.15, 0.2) is 164 Å². The molecule has 0 unspecified atom stereocenters. The van der Waals surface area contributed by atoms with E-state index in [1.54, 1.807) is 6.07 Å². The van der Waals surface area contributed by atoms with Gasteiger partial charge in [-0.25, -0.2) is 9.74 Å². The number of anilines is 1. The van der Waals surface area contributed by atoms with Crippen LogP contribution in [0.3, 0.4) is 0 Å². The molecule has 0 radical (unpaired) electrons. The van der Waals surface area contributed by atoms with E-state index in [2.05, 4.69) is 39.7 Å². The summed E-state index contributed by atoms with van der Waals surface area (Å²) in [5.41, 5.74) is 9.56. The number of rotatable bonds is 5. The normalized spacial score (nSPS) is 12.4. The summed E-state index contributed by atoms with van der Waals surface area (Å²) in [5, 5.41) is 2.01. The third-order valence-corrected chi connectivity index (χ3v) is 9.57. The first-order valence-corrected chi connectivity index (χ1v) is 16.4. The second kappa shape index (κ2) is 11.6. The van der Waals surface area contributed by atoms with Gasteiger partial charge in [0.15, 0.2) is 5.69 Å². The topological polar surface area (TPSA) is 46.7 Å². The first-order chi connectivity index (χ1) is 24.6. The number of nitrogens with zero attached hydrogens (tertiary/aromatic N) is 3. The smallest absolute Gasteiger partial charge is 0.268 e. The van der Waals surface area contributed by atoms with Gasteiger partial charge >= 0.3 is 0 Å². The maximum atomic E-state index is 14.8. The van der Waals surface area contributed by atoms with Gasteiger partial charge in [0.1, 0.15) is 0 Å². The average Bonchev–Trinajstić information content (AvgIpc) is 3.66. The monoisotopic (exact) mass is 641 g/mol. The molecule has 5 heteroatoms.